The van der Waals surface area contributed by atoms with E-state index < -0.39 is 28.5 Å². The molecule has 0 saturated heterocycles. The van der Waals surface area contributed by atoms with Gasteiger partial charge in [-0.15, -0.1) is 0 Å². The molecular weight excluding hydrogens is 594 g/mol. The zero-order valence-electron chi connectivity index (χ0n) is 25.2. The Bertz CT molecular complexity index is 1660. The van der Waals surface area contributed by atoms with Gasteiger partial charge in [0.2, 0.25) is 11.8 Å². The van der Waals surface area contributed by atoms with Gasteiger partial charge in [0.15, 0.2) is 0 Å². The molecule has 4 aromatic rings. The minimum absolute atomic E-state index is 0.0535. The van der Waals surface area contributed by atoms with Crippen molar-refractivity contribution in [3.05, 3.63) is 130 Å². The van der Waals surface area contributed by atoms with Gasteiger partial charge in [0.1, 0.15) is 12.6 Å². The van der Waals surface area contributed by atoms with Crippen molar-refractivity contribution in [3.63, 3.8) is 0 Å². The van der Waals surface area contributed by atoms with E-state index in [1.54, 1.807) is 36.4 Å². The molecule has 0 aliphatic heterocycles. The van der Waals surface area contributed by atoms with Crippen molar-refractivity contribution in [2.75, 3.05) is 17.4 Å². The van der Waals surface area contributed by atoms with Gasteiger partial charge in [0, 0.05) is 24.5 Å². The largest absolute Gasteiger partial charge is 0.354 e. The van der Waals surface area contributed by atoms with Gasteiger partial charge in [-0.25, -0.2) is 8.42 Å². The number of nitrogens with one attached hydrogen (secondary N) is 1. The Hall–Kier alpha value is -4.14. The van der Waals surface area contributed by atoms with Crippen LogP contribution in [-0.2, 0) is 32.6 Å². The highest BCUT2D eigenvalue weighted by molar-refractivity contribution is 7.92. The molecule has 4 rings (SSSR count). The van der Waals surface area contributed by atoms with E-state index in [-0.39, 0.29) is 29.5 Å². The van der Waals surface area contributed by atoms with E-state index in [1.807, 2.05) is 75.4 Å². The summed E-state index contributed by atoms with van der Waals surface area (Å²) in [4.78, 5) is 29.7. The highest BCUT2D eigenvalue weighted by atomic mass is 35.5. The standard InChI is InChI=1S/C35H38ClN3O4S/c1-4-22-37-35(41)33(23-28-11-6-5-7-12-28)38(24-29-13-9-8-10-27(29)3)34(40)25-39(31-18-16-30(36)17-19-31)44(42,43)32-20-14-26(2)15-21-32/h5-21,33H,4,22-25H2,1-3H3,(H,37,41)/t33-/m1/s1. The molecule has 0 heterocycles. The number of nitrogens with zero attached hydrogens (tertiary/aromatic N) is 2. The van der Waals surface area contributed by atoms with E-state index in [1.165, 1.54) is 17.0 Å². The van der Waals surface area contributed by atoms with Crippen molar-refractivity contribution in [1.29, 1.82) is 0 Å². The Morgan fingerprint density at radius 1 is 0.841 bits per heavy atom. The monoisotopic (exact) mass is 631 g/mol. The summed E-state index contributed by atoms with van der Waals surface area (Å²) in [6, 6.07) is 29.1. The third-order valence-corrected chi connectivity index (χ3v) is 9.46. The van der Waals surface area contributed by atoms with Crippen LogP contribution in [0.15, 0.2) is 108 Å². The molecule has 7 nitrogen and oxygen atoms in total. The van der Waals surface area contributed by atoms with Gasteiger partial charge in [-0.3, -0.25) is 13.9 Å². The minimum Gasteiger partial charge on any atom is -0.354 e. The number of rotatable bonds is 13. The molecule has 0 fully saturated rings. The van der Waals surface area contributed by atoms with Gasteiger partial charge in [0.25, 0.3) is 10.0 Å². The molecule has 0 saturated carbocycles. The smallest absolute Gasteiger partial charge is 0.264 e. The van der Waals surface area contributed by atoms with Crippen LogP contribution >= 0.6 is 11.6 Å². The summed E-state index contributed by atoms with van der Waals surface area (Å²) in [7, 11) is -4.17. The number of carbonyl (C=O) groups excluding carboxylic acids is 2. The Kier molecular flexibility index (Phi) is 11.2. The minimum atomic E-state index is -4.17. The fourth-order valence-corrected chi connectivity index (χ4v) is 6.40. The third kappa shape index (κ3) is 8.27. The van der Waals surface area contributed by atoms with Crippen LogP contribution in [0, 0.1) is 13.8 Å². The molecule has 1 atom stereocenters. The maximum absolute atomic E-state index is 14.5. The number of amides is 2. The lowest BCUT2D eigenvalue weighted by atomic mass is 10.0. The second kappa shape index (κ2) is 15.0. The molecule has 1 N–H and O–H groups in total. The van der Waals surface area contributed by atoms with Gasteiger partial charge in [-0.2, -0.15) is 0 Å². The molecule has 0 aromatic heterocycles. The molecule has 0 unspecified atom stereocenters. The van der Waals surface area contributed by atoms with Crippen molar-refractivity contribution in [2.24, 2.45) is 0 Å². The average Bonchev–Trinajstić information content (AvgIpc) is 3.02. The number of benzene rings is 4. The zero-order chi connectivity index (χ0) is 31.7. The number of carbonyl (C=O) groups is 2. The summed E-state index contributed by atoms with van der Waals surface area (Å²) >= 11 is 6.13. The molecule has 0 aliphatic carbocycles. The summed E-state index contributed by atoms with van der Waals surface area (Å²) in [6.07, 6.45) is 0.994. The van der Waals surface area contributed by atoms with Crippen LogP contribution in [0.1, 0.15) is 35.6 Å². The van der Waals surface area contributed by atoms with Gasteiger partial charge in [-0.05, 0) is 73.4 Å². The first-order valence-corrected chi connectivity index (χ1v) is 16.4. The molecule has 9 heteroatoms. The molecule has 0 spiro atoms. The third-order valence-electron chi connectivity index (χ3n) is 7.42. The normalized spacial score (nSPS) is 11.9. The van der Waals surface area contributed by atoms with Crippen LogP contribution in [0.4, 0.5) is 5.69 Å². The summed E-state index contributed by atoms with van der Waals surface area (Å²) in [5.41, 5.74) is 3.90. The van der Waals surface area contributed by atoms with E-state index in [9.17, 15) is 18.0 Å². The first kappa shape index (κ1) is 32.8. The molecule has 4 aromatic carbocycles. The van der Waals surface area contributed by atoms with Gasteiger partial charge in [0.05, 0.1) is 10.6 Å². The van der Waals surface area contributed by atoms with Crippen LogP contribution in [0.5, 0.6) is 0 Å². The number of anilines is 1. The second-order valence-corrected chi connectivity index (χ2v) is 13.0. The quantitative estimate of drug-likeness (QED) is 0.187. The summed E-state index contributed by atoms with van der Waals surface area (Å²) in [6.45, 7) is 5.84. The van der Waals surface area contributed by atoms with Gasteiger partial charge < -0.3 is 10.2 Å². The number of sulfonamides is 1. The Morgan fingerprint density at radius 3 is 2.11 bits per heavy atom. The van der Waals surface area contributed by atoms with Crippen LogP contribution < -0.4 is 9.62 Å². The second-order valence-electron chi connectivity index (χ2n) is 10.7. The predicted octanol–water partition coefficient (Wildman–Crippen LogP) is 6.32. The van der Waals surface area contributed by atoms with E-state index in [0.717, 1.165) is 33.0 Å². The molecular formula is C35H38ClN3O4S. The number of hydrogen-bond acceptors (Lipinski definition) is 4. The number of aryl methyl sites for hydroxylation is 2. The maximum atomic E-state index is 14.5. The van der Waals surface area contributed by atoms with Crippen molar-refractivity contribution >= 4 is 39.1 Å². The zero-order valence-corrected chi connectivity index (χ0v) is 26.8. The van der Waals surface area contributed by atoms with Crippen LogP contribution in [-0.4, -0.2) is 44.3 Å². The molecule has 0 aliphatic rings. The van der Waals surface area contributed by atoms with Gasteiger partial charge >= 0.3 is 0 Å². The molecule has 230 valence electrons. The van der Waals surface area contributed by atoms with Crippen LogP contribution in [0.25, 0.3) is 0 Å². The first-order valence-electron chi connectivity index (χ1n) is 14.6. The lowest BCUT2D eigenvalue weighted by Crippen LogP contribution is -2.53. The highest BCUT2D eigenvalue weighted by Gasteiger charge is 2.34. The average molecular weight is 632 g/mol. The maximum Gasteiger partial charge on any atom is 0.264 e. The first-order chi connectivity index (χ1) is 21.1. The summed E-state index contributed by atoms with van der Waals surface area (Å²) < 4.78 is 29.2. The van der Waals surface area contributed by atoms with E-state index in [0.29, 0.717) is 11.6 Å². The van der Waals surface area contributed by atoms with Crippen LogP contribution in [0.3, 0.4) is 0 Å². The van der Waals surface area contributed by atoms with Crippen molar-refractivity contribution < 1.29 is 18.0 Å². The molecule has 2 amide bonds. The Balaban J connectivity index is 1.80. The fourth-order valence-electron chi connectivity index (χ4n) is 4.86. The Morgan fingerprint density at radius 2 is 1.48 bits per heavy atom. The SMILES string of the molecule is CCCNC(=O)[C@@H](Cc1ccccc1)N(Cc1ccccc1C)C(=O)CN(c1ccc(Cl)cc1)S(=O)(=O)c1ccc(C)cc1. The molecule has 44 heavy (non-hydrogen) atoms. The van der Waals surface area contributed by atoms with E-state index >= 15 is 0 Å². The summed E-state index contributed by atoms with van der Waals surface area (Å²) in [5, 5.41) is 3.40. The summed E-state index contributed by atoms with van der Waals surface area (Å²) in [5.74, 6) is -0.802. The molecule has 0 radical (unpaired) electrons. The number of halogens is 1. The Labute approximate surface area is 265 Å². The van der Waals surface area contributed by atoms with Crippen molar-refractivity contribution in [3.8, 4) is 0 Å². The van der Waals surface area contributed by atoms with Crippen LogP contribution in [0.2, 0.25) is 5.02 Å². The highest BCUT2D eigenvalue weighted by Crippen LogP contribution is 2.27. The van der Waals surface area contributed by atoms with E-state index in [4.69, 9.17) is 11.6 Å². The number of hydrogen-bond donors (Lipinski definition) is 1. The van der Waals surface area contributed by atoms with Gasteiger partial charge in [-0.1, -0.05) is 90.8 Å². The molecule has 0 bridgehead atoms. The topological polar surface area (TPSA) is 86.8 Å². The van der Waals surface area contributed by atoms with Crippen molar-refractivity contribution in [1.82, 2.24) is 10.2 Å². The van der Waals surface area contributed by atoms with E-state index in [2.05, 4.69) is 5.32 Å². The lowest BCUT2D eigenvalue weighted by molar-refractivity contribution is -0.140. The van der Waals surface area contributed by atoms with Crippen molar-refractivity contribution in [2.45, 2.75) is 51.1 Å². The fraction of sp³-hybridized carbons (Fsp3) is 0.257. The lowest BCUT2D eigenvalue weighted by Gasteiger charge is -2.34. The predicted molar refractivity (Wildman–Crippen MR) is 176 cm³/mol.